The molecule has 98 valence electrons. The highest BCUT2D eigenvalue weighted by Crippen LogP contribution is 2.34. The zero-order valence-corrected chi connectivity index (χ0v) is 9.42. The van der Waals surface area contributed by atoms with Gasteiger partial charge in [-0.05, 0) is 17.7 Å². The predicted molar refractivity (Wildman–Crippen MR) is 57.8 cm³/mol. The van der Waals surface area contributed by atoms with Crippen molar-refractivity contribution in [3.05, 3.63) is 35.4 Å². The molecule has 1 heterocycles. The van der Waals surface area contributed by atoms with Gasteiger partial charge in [-0.3, -0.25) is 4.79 Å². The molecule has 1 atom stereocenters. The zero-order chi connectivity index (χ0) is 13.4. The minimum absolute atomic E-state index is 0.0921. The summed E-state index contributed by atoms with van der Waals surface area (Å²) in [7, 11) is 0. The van der Waals surface area contributed by atoms with Crippen molar-refractivity contribution >= 4 is 5.91 Å². The second-order valence-electron chi connectivity index (χ2n) is 4.47. The highest BCUT2D eigenvalue weighted by molar-refractivity contribution is 5.80. The number of hydrogen-bond donors (Lipinski definition) is 2. The van der Waals surface area contributed by atoms with Crippen LogP contribution in [0.4, 0.5) is 13.2 Å². The zero-order valence-electron chi connectivity index (χ0n) is 9.42. The fraction of sp³-hybridized carbons (Fsp3) is 0.417. The van der Waals surface area contributed by atoms with Crippen LogP contribution in [0.1, 0.15) is 17.5 Å². The standard InChI is InChI=1S/C12H12F3NO2/c13-12(14,15)9-3-1-8(2-4-9)11(7-17)5-10(18)16-6-11/h1-4,17H,5-7H2,(H,16,18). The number of amides is 1. The highest BCUT2D eigenvalue weighted by Gasteiger charge is 2.40. The Bertz CT molecular complexity index is 455. The summed E-state index contributed by atoms with van der Waals surface area (Å²) >= 11 is 0. The first-order valence-electron chi connectivity index (χ1n) is 5.43. The van der Waals surface area contributed by atoms with Gasteiger partial charge in [-0.15, -0.1) is 0 Å². The Balaban J connectivity index is 2.31. The molecule has 1 amide bonds. The van der Waals surface area contributed by atoms with Gasteiger partial charge in [0.25, 0.3) is 0 Å². The van der Waals surface area contributed by atoms with Gasteiger partial charge in [0, 0.05) is 18.4 Å². The van der Waals surface area contributed by atoms with Gasteiger partial charge < -0.3 is 10.4 Å². The van der Waals surface area contributed by atoms with E-state index in [1.807, 2.05) is 0 Å². The number of rotatable bonds is 2. The highest BCUT2D eigenvalue weighted by atomic mass is 19.4. The summed E-state index contributed by atoms with van der Waals surface area (Å²) in [5.41, 5.74) is -1.01. The van der Waals surface area contributed by atoms with Crippen molar-refractivity contribution in [1.82, 2.24) is 5.32 Å². The summed E-state index contributed by atoms with van der Waals surface area (Å²) in [5.74, 6) is -0.205. The van der Waals surface area contributed by atoms with Crippen molar-refractivity contribution < 1.29 is 23.1 Å². The van der Waals surface area contributed by atoms with Crippen LogP contribution in [-0.4, -0.2) is 24.2 Å². The van der Waals surface area contributed by atoms with Gasteiger partial charge in [-0.1, -0.05) is 12.1 Å². The van der Waals surface area contributed by atoms with Gasteiger partial charge >= 0.3 is 6.18 Å². The number of aliphatic hydroxyl groups excluding tert-OH is 1. The fourth-order valence-electron chi connectivity index (χ4n) is 2.12. The van der Waals surface area contributed by atoms with E-state index in [9.17, 15) is 23.1 Å². The molecule has 1 aromatic carbocycles. The summed E-state index contributed by atoms with van der Waals surface area (Å²) < 4.78 is 37.3. The van der Waals surface area contributed by atoms with E-state index in [1.54, 1.807) is 0 Å². The quantitative estimate of drug-likeness (QED) is 0.844. The van der Waals surface area contributed by atoms with E-state index < -0.39 is 17.2 Å². The summed E-state index contributed by atoms with van der Waals surface area (Å²) in [5, 5.41) is 12.0. The lowest BCUT2D eigenvalue weighted by atomic mass is 9.80. The van der Waals surface area contributed by atoms with Crippen LogP contribution in [0.5, 0.6) is 0 Å². The average molecular weight is 259 g/mol. The molecule has 1 unspecified atom stereocenters. The van der Waals surface area contributed by atoms with E-state index in [2.05, 4.69) is 5.32 Å². The van der Waals surface area contributed by atoms with Crippen LogP contribution in [-0.2, 0) is 16.4 Å². The van der Waals surface area contributed by atoms with E-state index in [1.165, 1.54) is 12.1 Å². The molecular weight excluding hydrogens is 247 g/mol. The molecule has 0 aromatic heterocycles. The Morgan fingerprint density at radius 2 is 1.89 bits per heavy atom. The topological polar surface area (TPSA) is 49.3 Å². The molecule has 6 heteroatoms. The van der Waals surface area contributed by atoms with E-state index in [0.717, 1.165) is 12.1 Å². The molecule has 1 aromatic rings. The van der Waals surface area contributed by atoms with Crippen LogP contribution in [0.25, 0.3) is 0 Å². The molecule has 1 aliphatic rings. The second kappa shape index (κ2) is 4.28. The van der Waals surface area contributed by atoms with E-state index >= 15 is 0 Å². The van der Waals surface area contributed by atoms with Crippen LogP contribution in [0.15, 0.2) is 24.3 Å². The lowest BCUT2D eigenvalue weighted by Gasteiger charge is -2.25. The van der Waals surface area contributed by atoms with E-state index in [4.69, 9.17) is 0 Å². The smallest absolute Gasteiger partial charge is 0.395 e. The van der Waals surface area contributed by atoms with E-state index in [0.29, 0.717) is 5.56 Å². The van der Waals surface area contributed by atoms with Gasteiger partial charge in [-0.2, -0.15) is 13.2 Å². The van der Waals surface area contributed by atoms with Crippen LogP contribution in [0.3, 0.4) is 0 Å². The van der Waals surface area contributed by atoms with Crippen molar-refractivity contribution in [2.45, 2.75) is 18.0 Å². The van der Waals surface area contributed by atoms with Gasteiger partial charge in [0.15, 0.2) is 0 Å². The van der Waals surface area contributed by atoms with Crippen LogP contribution in [0.2, 0.25) is 0 Å². The summed E-state index contributed by atoms with van der Waals surface area (Å²) in [6.45, 7) is -0.0369. The molecule has 18 heavy (non-hydrogen) atoms. The first-order valence-corrected chi connectivity index (χ1v) is 5.43. The normalized spacial score (nSPS) is 24.1. The molecule has 1 aliphatic heterocycles. The summed E-state index contributed by atoms with van der Waals surface area (Å²) in [6.07, 6.45) is -4.29. The van der Waals surface area contributed by atoms with Crippen LogP contribution >= 0.6 is 0 Å². The number of hydrogen-bond acceptors (Lipinski definition) is 2. The molecule has 1 saturated heterocycles. The van der Waals surface area contributed by atoms with Crippen LogP contribution in [0, 0.1) is 0 Å². The van der Waals surface area contributed by atoms with Crippen LogP contribution < -0.4 is 5.32 Å². The van der Waals surface area contributed by atoms with Crippen molar-refractivity contribution in [2.75, 3.05) is 13.2 Å². The summed E-state index contributed by atoms with van der Waals surface area (Å²) in [6, 6.07) is 4.57. The average Bonchev–Trinajstić information content (AvgIpc) is 2.71. The molecule has 3 nitrogen and oxygen atoms in total. The van der Waals surface area contributed by atoms with Crippen molar-refractivity contribution in [3.63, 3.8) is 0 Å². The third-order valence-corrected chi connectivity index (χ3v) is 3.25. The molecule has 0 aliphatic carbocycles. The molecule has 0 spiro atoms. The number of carbonyl (C=O) groups is 1. The number of aliphatic hydroxyl groups is 1. The SMILES string of the molecule is O=C1CC(CO)(c2ccc(C(F)(F)F)cc2)CN1. The van der Waals surface area contributed by atoms with E-state index in [-0.39, 0.29) is 25.5 Å². The largest absolute Gasteiger partial charge is 0.416 e. The Morgan fingerprint density at radius 1 is 1.28 bits per heavy atom. The van der Waals surface area contributed by atoms with Gasteiger partial charge in [0.05, 0.1) is 12.2 Å². The minimum Gasteiger partial charge on any atom is -0.395 e. The van der Waals surface area contributed by atoms with Crippen molar-refractivity contribution in [2.24, 2.45) is 0 Å². The molecule has 2 N–H and O–H groups in total. The van der Waals surface area contributed by atoms with Gasteiger partial charge in [0.1, 0.15) is 0 Å². The lowest BCUT2D eigenvalue weighted by Crippen LogP contribution is -2.33. The second-order valence-corrected chi connectivity index (χ2v) is 4.47. The fourth-order valence-corrected chi connectivity index (χ4v) is 2.12. The molecule has 2 rings (SSSR count). The maximum atomic E-state index is 12.4. The Kier molecular flexibility index (Phi) is 3.06. The Hall–Kier alpha value is -1.56. The minimum atomic E-state index is -4.38. The third kappa shape index (κ3) is 2.20. The third-order valence-electron chi connectivity index (χ3n) is 3.25. The number of alkyl halides is 3. The number of nitrogens with one attached hydrogen (secondary N) is 1. The molecule has 1 fully saturated rings. The number of halogens is 3. The summed E-state index contributed by atoms with van der Waals surface area (Å²) in [4.78, 5) is 11.2. The van der Waals surface area contributed by atoms with Gasteiger partial charge in [0.2, 0.25) is 5.91 Å². The maximum absolute atomic E-state index is 12.4. The Morgan fingerprint density at radius 3 is 2.28 bits per heavy atom. The first-order chi connectivity index (χ1) is 8.37. The molecule has 0 radical (unpaired) electrons. The lowest BCUT2D eigenvalue weighted by molar-refractivity contribution is -0.137. The molecule has 0 bridgehead atoms. The number of carbonyl (C=O) groups excluding carboxylic acids is 1. The molecule has 0 saturated carbocycles. The molecular formula is C12H12F3NO2. The maximum Gasteiger partial charge on any atom is 0.416 e. The predicted octanol–water partition coefficient (Wildman–Crippen LogP) is 1.46. The first kappa shape index (κ1) is 12.9. The van der Waals surface area contributed by atoms with Crippen molar-refractivity contribution in [1.29, 1.82) is 0 Å². The van der Waals surface area contributed by atoms with Gasteiger partial charge in [-0.25, -0.2) is 0 Å². The monoisotopic (exact) mass is 259 g/mol. The van der Waals surface area contributed by atoms with Crippen molar-refractivity contribution in [3.8, 4) is 0 Å². The number of benzene rings is 1. The Labute approximate surface area is 102 Å².